The third kappa shape index (κ3) is 5.98. The molecule has 0 fully saturated rings. The van der Waals surface area contributed by atoms with Crippen LogP contribution in [0, 0.1) is 12.7 Å². The van der Waals surface area contributed by atoms with Crippen molar-refractivity contribution in [3.05, 3.63) is 53.0 Å². The molecule has 7 heteroatoms. The smallest absolute Gasteiger partial charge is 0.408 e. The average molecular weight is 403 g/mol. The van der Waals surface area contributed by atoms with Gasteiger partial charge in [0.1, 0.15) is 17.5 Å². The van der Waals surface area contributed by atoms with E-state index in [1.807, 2.05) is 13.8 Å². The van der Waals surface area contributed by atoms with Gasteiger partial charge < -0.3 is 20.9 Å². The summed E-state index contributed by atoms with van der Waals surface area (Å²) in [5, 5.41) is 13.1. The van der Waals surface area contributed by atoms with Crippen molar-refractivity contribution in [1.29, 1.82) is 0 Å². The van der Waals surface area contributed by atoms with Gasteiger partial charge in [-0.05, 0) is 83.0 Å². The Morgan fingerprint density at radius 2 is 1.90 bits per heavy atom. The first-order valence-electron chi connectivity index (χ1n) is 9.50. The number of nitrogens with one attached hydrogen (secondary N) is 1. The molecule has 158 valence electrons. The van der Waals surface area contributed by atoms with E-state index in [1.165, 1.54) is 6.07 Å². The molecular weight excluding hydrogens is 373 g/mol. The lowest BCUT2D eigenvalue weighted by Gasteiger charge is -2.30. The number of nitrogens with two attached hydrogens (primary N) is 1. The number of benzene rings is 1. The quantitative estimate of drug-likeness (QED) is 0.702. The topological polar surface area (TPSA) is 97.5 Å². The van der Waals surface area contributed by atoms with Crippen molar-refractivity contribution in [2.45, 2.75) is 58.8 Å². The molecule has 1 aromatic heterocycles. The fourth-order valence-electron chi connectivity index (χ4n) is 2.79. The number of aliphatic hydroxyl groups is 1. The number of amides is 1. The summed E-state index contributed by atoms with van der Waals surface area (Å²) >= 11 is 0. The minimum absolute atomic E-state index is 0.00172. The van der Waals surface area contributed by atoms with Crippen LogP contribution in [0.5, 0.6) is 0 Å². The van der Waals surface area contributed by atoms with Crippen molar-refractivity contribution in [3.63, 3.8) is 0 Å². The Morgan fingerprint density at radius 1 is 1.24 bits per heavy atom. The zero-order valence-electron chi connectivity index (χ0n) is 17.8. The molecule has 2 rings (SSSR count). The number of ether oxygens (including phenoxy) is 1. The van der Waals surface area contributed by atoms with Gasteiger partial charge >= 0.3 is 6.09 Å². The van der Waals surface area contributed by atoms with Crippen molar-refractivity contribution in [2.75, 3.05) is 6.54 Å². The SMILES string of the molecule is Cc1cc(-c2cc(C(C)(C)NC(=O)OC(C)(C)C)cc(C(O)CN)n2)ccc1F. The molecule has 6 nitrogen and oxygen atoms in total. The number of aromatic nitrogens is 1. The molecule has 4 N–H and O–H groups in total. The molecule has 1 aromatic carbocycles. The van der Waals surface area contributed by atoms with E-state index in [0.29, 0.717) is 28.1 Å². The van der Waals surface area contributed by atoms with Gasteiger partial charge in [0.25, 0.3) is 0 Å². The summed E-state index contributed by atoms with van der Waals surface area (Å²) in [6, 6.07) is 8.20. The van der Waals surface area contributed by atoms with Gasteiger partial charge in [-0.25, -0.2) is 14.2 Å². The van der Waals surface area contributed by atoms with Crippen LogP contribution in [0.2, 0.25) is 0 Å². The Bertz CT molecular complexity index is 891. The van der Waals surface area contributed by atoms with Crippen molar-refractivity contribution in [2.24, 2.45) is 5.73 Å². The largest absolute Gasteiger partial charge is 0.444 e. The minimum Gasteiger partial charge on any atom is -0.444 e. The van der Waals surface area contributed by atoms with E-state index >= 15 is 0 Å². The van der Waals surface area contributed by atoms with Gasteiger partial charge in [-0.3, -0.25) is 0 Å². The Balaban J connectivity index is 2.49. The van der Waals surface area contributed by atoms with Crippen molar-refractivity contribution in [1.82, 2.24) is 10.3 Å². The number of hydrogen-bond acceptors (Lipinski definition) is 5. The Hall–Kier alpha value is -2.51. The Labute approximate surface area is 171 Å². The van der Waals surface area contributed by atoms with Crippen LogP contribution in [0.25, 0.3) is 11.3 Å². The summed E-state index contributed by atoms with van der Waals surface area (Å²) in [5.41, 5.74) is 6.98. The highest BCUT2D eigenvalue weighted by Crippen LogP contribution is 2.29. The average Bonchev–Trinajstić information content (AvgIpc) is 2.60. The summed E-state index contributed by atoms with van der Waals surface area (Å²) in [4.78, 5) is 16.8. The second-order valence-electron chi connectivity index (χ2n) is 8.63. The minimum atomic E-state index is -0.965. The predicted octanol–water partition coefficient (Wildman–Crippen LogP) is 3.95. The molecule has 0 saturated carbocycles. The first kappa shape index (κ1) is 22.8. The maximum atomic E-state index is 13.7. The summed E-state index contributed by atoms with van der Waals surface area (Å²) < 4.78 is 19.0. The molecule has 0 saturated heterocycles. The normalized spacial score (nSPS) is 13.1. The lowest BCUT2D eigenvalue weighted by molar-refractivity contribution is 0.0470. The lowest BCUT2D eigenvalue weighted by Crippen LogP contribution is -2.44. The first-order chi connectivity index (χ1) is 13.3. The highest BCUT2D eigenvalue weighted by Gasteiger charge is 2.28. The van der Waals surface area contributed by atoms with Gasteiger partial charge in [0.05, 0.1) is 16.9 Å². The van der Waals surface area contributed by atoms with E-state index in [9.17, 15) is 14.3 Å². The molecule has 1 heterocycles. The predicted molar refractivity (Wildman–Crippen MR) is 111 cm³/mol. The van der Waals surface area contributed by atoms with Crippen LogP contribution in [0.15, 0.2) is 30.3 Å². The van der Waals surface area contributed by atoms with E-state index in [0.717, 1.165) is 0 Å². The molecule has 0 aliphatic heterocycles. The molecular formula is C22H30FN3O3. The molecule has 1 amide bonds. The molecule has 1 unspecified atom stereocenters. The van der Waals surface area contributed by atoms with Crippen molar-refractivity contribution in [3.8, 4) is 11.3 Å². The second-order valence-corrected chi connectivity index (χ2v) is 8.63. The Morgan fingerprint density at radius 3 is 2.45 bits per heavy atom. The van der Waals surface area contributed by atoms with Gasteiger partial charge in [0.15, 0.2) is 0 Å². The molecule has 2 aromatic rings. The van der Waals surface area contributed by atoms with E-state index in [1.54, 1.807) is 52.0 Å². The molecule has 0 spiro atoms. The number of nitrogens with zero attached hydrogens (tertiary/aromatic N) is 1. The molecule has 0 radical (unpaired) electrons. The van der Waals surface area contributed by atoms with Gasteiger partial charge in [-0.2, -0.15) is 0 Å². The van der Waals surface area contributed by atoms with E-state index in [-0.39, 0.29) is 12.4 Å². The summed E-state index contributed by atoms with van der Waals surface area (Å²) in [6.07, 6.45) is -1.52. The fourth-order valence-corrected chi connectivity index (χ4v) is 2.79. The number of halogens is 1. The van der Waals surface area contributed by atoms with Gasteiger partial charge in [-0.1, -0.05) is 0 Å². The fraction of sp³-hybridized carbons (Fsp3) is 0.455. The zero-order valence-corrected chi connectivity index (χ0v) is 17.8. The molecule has 0 aliphatic carbocycles. The van der Waals surface area contributed by atoms with Crippen LogP contribution in [-0.2, 0) is 10.3 Å². The summed E-state index contributed by atoms with van der Waals surface area (Å²) in [7, 11) is 0. The molecule has 0 bridgehead atoms. The zero-order chi connectivity index (χ0) is 22.0. The maximum absolute atomic E-state index is 13.7. The lowest BCUT2D eigenvalue weighted by atomic mass is 9.92. The van der Waals surface area contributed by atoms with Crippen LogP contribution >= 0.6 is 0 Å². The molecule has 1 atom stereocenters. The molecule has 0 aliphatic rings. The van der Waals surface area contributed by atoms with Crippen LogP contribution in [0.1, 0.15) is 57.5 Å². The van der Waals surface area contributed by atoms with Crippen molar-refractivity contribution >= 4 is 6.09 Å². The van der Waals surface area contributed by atoms with Gasteiger partial charge in [0, 0.05) is 12.1 Å². The summed E-state index contributed by atoms with van der Waals surface area (Å²) in [6.45, 7) is 10.7. The van der Waals surface area contributed by atoms with E-state index in [4.69, 9.17) is 10.5 Å². The third-order valence-corrected chi connectivity index (χ3v) is 4.40. The number of alkyl carbamates (subject to hydrolysis) is 1. The van der Waals surface area contributed by atoms with Crippen LogP contribution in [0.3, 0.4) is 0 Å². The van der Waals surface area contributed by atoms with Crippen LogP contribution in [-0.4, -0.2) is 28.3 Å². The standard InChI is InChI=1S/C22H30FN3O3/c1-13-9-14(7-8-16(13)23)17-10-15(11-18(25-17)19(27)12-24)22(5,6)26-20(28)29-21(2,3)4/h7-11,19,27H,12,24H2,1-6H3,(H,26,28). The third-order valence-electron chi connectivity index (χ3n) is 4.40. The first-order valence-corrected chi connectivity index (χ1v) is 9.50. The molecule has 29 heavy (non-hydrogen) atoms. The second kappa shape index (κ2) is 8.47. The highest BCUT2D eigenvalue weighted by atomic mass is 19.1. The number of carbonyl (C=O) groups is 1. The summed E-state index contributed by atoms with van der Waals surface area (Å²) in [5.74, 6) is -0.306. The van der Waals surface area contributed by atoms with E-state index < -0.39 is 23.3 Å². The highest BCUT2D eigenvalue weighted by molar-refractivity contribution is 5.69. The van der Waals surface area contributed by atoms with Crippen LogP contribution < -0.4 is 11.1 Å². The van der Waals surface area contributed by atoms with Gasteiger partial charge in [0.2, 0.25) is 0 Å². The number of carbonyl (C=O) groups excluding carboxylic acids is 1. The number of aryl methyl sites for hydroxylation is 1. The Kier molecular flexibility index (Phi) is 6.65. The van der Waals surface area contributed by atoms with E-state index in [2.05, 4.69) is 10.3 Å². The monoisotopic (exact) mass is 403 g/mol. The van der Waals surface area contributed by atoms with Gasteiger partial charge in [-0.15, -0.1) is 0 Å². The van der Waals surface area contributed by atoms with Crippen LogP contribution in [0.4, 0.5) is 9.18 Å². The number of aliphatic hydroxyl groups excluding tert-OH is 1. The number of pyridine rings is 1. The van der Waals surface area contributed by atoms with Crippen molar-refractivity contribution < 1.29 is 19.0 Å². The maximum Gasteiger partial charge on any atom is 0.408 e. The number of rotatable bonds is 5. The number of hydrogen-bond donors (Lipinski definition) is 3.